The van der Waals surface area contributed by atoms with Gasteiger partial charge in [0.05, 0.1) is 5.56 Å². The number of aromatic nitrogens is 2. The Labute approximate surface area is 125 Å². The Morgan fingerprint density at radius 1 is 1.45 bits per heavy atom. The Kier molecular flexibility index (Phi) is 4.34. The SMILES string of the molecule is Cc1cc(Br)c(C=O)cc1OC(C)c1cncnc1N. The number of nitrogen functional groups attached to an aromatic ring is 1. The van der Waals surface area contributed by atoms with Crippen LogP contribution >= 0.6 is 15.9 Å². The van der Waals surface area contributed by atoms with Crippen LogP contribution < -0.4 is 10.5 Å². The molecule has 0 aliphatic heterocycles. The van der Waals surface area contributed by atoms with Crippen molar-refractivity contribution in [2.75, 3.05) is 5.73 Å². The van der Waals surface area contributed by atoms with Crippen molar-refractivity contribution >= 4 is 28.0 Å². The molecule has 1 unspecified atom stereocenters. The van der Waals surface area contributed by atoms with Gasteiger partial charge in [0.15, 0.2) is 6.29 Å². The fourth-order valence-electron chi connectivity index (χ4n) is 1.80. The van der Waals surface area contributed by atoms with Gasteiger partial charge in [0.25, 0.3) is 0 Å². The third-order valence-corrected chi connectivity index (χ3v) is 3.62. The second-order valence-corrected chi connectivity index (χ2v) is 5.23. The zero-order valence-corrected chi connectivity index (χ0v) is 12.7. The highest BCUT2D eigenvalue weighted by Crippen LogP contribution is 2.30. The van der Waals surface area contributed by atoms with Gasteiger partial charge in [-0.05, 0) is 31.5 Å². The van der Waals surface area contributed by atoms with Gasteiger partial charge in [0.1, 0.15) is 24.0 Å². The molecule has 1 aromatic heterocycles. The first-order chi connectivity index (χ1) is 9.52. The lowest BCUT2D eigenvalue weighted by Gasteiger charge is -2.18. The Hall–Kier alpha value is -1.95. The average molecular weight is 336 g/mol. The fourth-order valence-corrected chi connectivity index (χ4v) is 2.35. The summed E-state index contributed by atoms with van der Waals surface area (Å²) in [5.41, 5.74) is 7.97. The van der Waals surface area contributed by atoms with Gasteiger partial charge >= 0.3 is 0 Å². The second-order valence-electron chi connectivity index (χ2n) is 4.38. The number of benzene rings is 1. The van der Waals surface area contributed by atoms with Gasteiger partial charge in [-0.1, -0.05) is 15.9 Å². The molecule has 1 atom stereocenters. The second kappa shape index (κ2) is 6.00. The molecule has 1 aromatic carbocycles. The first-order valence-corrected chi connectivity index (χ1v) is 6.79. The standard InChI is InChI=1S/C14H14BrN3O2/c1-8-3-12(15)10(6-19)4-13(8)20-9(2)11-5-17-7-18-14(11)16/h3-7,9H,1-2H3,(H2,16,17,18). The molecular formula is C14H14BrN3O2. The van der Waals surface area contributed by atoms with E-state index in [1.165, 1.54) is 6.33 Å². The minimum absolute atomic E-state index is 0.310. The third kappa shape index (κ3) is 2.96. The summed E-state index contributed by atoms with van der Waals surface area (Å²) in [7, 11) is 0. The van der Waals surface area contributed by atoms with E-state index in [0.717, 1.165) is 16.3 Å². The molecular weight excluding hydrogens is 322 g/mol. The molecule has 0 radical (unpaired) electrons. The van der Waals surface area contributed by atoms with Crippen LogP contribution in [0.15, 0.2) is 29.1 Å². The molecule has 104 valence electrons. The Bertz CT molecular complexity index is 646. The Balaban J connectivity index is 2.30. The van der Waals surface area contributed by atoms with Gasteiger partial charge in [-0.25, -0.2) is 9.97 Å². The first-order valence-electron chi connectivity index (χ1n) is 6.00. The normalized spacial score (nSPS) is 11.9. The predicted molar refractivity (Wildman–Crippen MR) is 79.8 cm³/mol. The van der Waals surface area contributed by atoms with Crippen molar-refractivity contribution in [3.8, 4) is 5.75 Å². The van der Waals surface area contributed by atoms with E-state index in [0.29, 0.717) is 22.7 Å². The summed E-state index contributed by atoms with van der Waals surface area (Å²) in [5.74, 6) is 1.02. The van der Waals surface area contributed by atoms with E-state index in [1.807, 2.05) is 19.9 Å². The molecule has 2 N–H and O–H groups in total. The summed E-state index contributed by atoms with van der Waals surface area (Å²) in [6.07, 6.45) is 3.49. The van der Waals surface area contributed by atoms with Crippen molar-refractivity contribution in [3.05, 3.63) is 45.8 Å². The topological polar surface area (TPSA) is 78.1 Å². The summed E-state index contributed by atoms with van der Waals surface area (Å²) in [6.45, 7) is 3.77. The molecule has 0 aliphatic rings. The molecule has 0 saturated carbocycles. The number of anilines is 1. The molecule has 1 heterocycles. The summed E-state index contributed by atoms with van der Waals surface area (Å²) >= 11 is 3.34. The monoisotopic (exact) mass is 335 g/mol. The van der Waals surface area contributed by atoms with Crippen LogP contribution in [0.3, 0.4) is 0 Å². The number of aryl methyl sites for hydroxylation is 1. The molecule has 0 spiro atoms. The maximum absolute atomic E-state index is 11.0. The maximum Gasteiger partial charge on any atom is 0.151 e. The molecule has 6 heteroatoms. The highest BCUT2D eigenvalue weighted by atomic mass is 79.9. The predicted octanol–water partition coefficient (Wildman–Crippen LogP) is 3.08. The summed E-state index contributed by atoms with van der Waals surface area (Å²) in [5, 5.41) is 0. The Morgan fingerprint density at radius 3 is 2.85 bits per heavy atom. The number of nitrogens with two attached hydrogens (primary N) is 1. The smallest absolute Gasteiger partial charge is 0.151 e. The third-order valence-electron chi connectivity index (χ3n) is 2.94. The van der Waals surface area contributed by atoms with Crippen LogP contribution in [0.1, 0.15) is 34.5 Å². The molecule has 2 aromatic rings. The largest absolute Gasteiger partial charge is 0.486 e. The number of hydrogen-bond acceptors (Lipinski definition) is 5. The quantitative estimate of drug-likeness (QED) is 0.868. The summed E-state index contributed by atoms with van der Waals surface area (Å²) < 4.78 is 6.61. The van der Waals surface area contributed by atoms with E-state index in [4.69, 9.17) is 10.5 Å². The van der Waals surface area contributed by atoms with E-state index in [9.17, 15) is 4.79 Å². The molecule has 2 rings (SSSR count). The number of ether oxygens (including phenoxy) is 1. The molecule has 0 aliphatic carbocycles. The zero-order chi connectivity index (χ0) is 14.7. The fraction of sp³-hybridized carbons (Fsp3) is 0.214. The van der Waals surface area contributed by atoms with Gasteiger partial charge in [-0.2, -0.15) is 0 Å². The molecule has 20 heavy (non-hydrogen) atoms. The van der Waals surface area contributed by atoms with Crippen LogP contribution in [0.5, 0.6) is 5.75 Å². The minimum atomic E-state index is -0.310. The number of aldehydes is 1. The minimum Gasteiger partial charge on any atom is -0.486 e. The van der Waals surface area contributed by atoms with Crippen molar-refractivity contribution in [1.82, 2.24) is 9.97 Å². The number of halogens is 1. The van der Waals surface area contributed by atoms with Crippen molar-refractivity contribution in [3.63, 3.8) is 0 Å². The van der Waals surface area contributed by atoms with Crippen molar-refractivity contribution in [2.45, 2.75) is 20.0 Å². The van der Waals surface area contributed by atoms with Crippen molar-refractivity contribution in [1.29, 1.82) is 0 Å². The highest BCUT2D eigenvalue weighted by molar-refractivity contribution is 9.10. The van der Waals surface area contributed by atoms with Crippen LogP contribution in [-0.2, 0) is 0 Å². The summed E-state index contributed by atoms with van der Waals surface area (Å²) in [4.78, 5) is 18.9. The van der Waals surface area contributed by atoms with Gasteiger partial charge in [-0.15, -0.1) is 0 Å². The van der Waals surface area contributed by atoms with Crippen LogP contribution in [0.25, 0.3) is 0 Å². The zero-order valence-electron chi connectivity index (χ0n) is 11.1. The molecule has 5 nitrogen and oxygen atoms in total. The highest BCUT2D eigenvalue weighted by Gasteiger charge is 2.14. The van der Waals surface area contributed by atoms with Gasteiger partial charge in [0, 0.05) is 16.2 Å². The maximum atomic E-state index is 11.0. The van der Waals surface area contributed by atoms with Crippen molar-refractivity contribution < 1.29 is 9.53 Å². The first kappa shape index (κ1) is 14.5. The number of carbonyl (C=O) groups is 1. The van der Waals surface area contributed by atoms with Gasteiger partial charge in [0.2, 0.25) is 0 Å². The number of carbonyl (C=O) groups excluding carboxylic acids is 1. The van der Waals surface area contributed by atoms with Crippen LogP contribution in [0.2, 0.25) is 0 Å². The lowest BCUT2D eigenvalue weighted by molar-refractivity contribution is 0.112. The van der Waals surface area contributed by atoms with Crippen LogP contribution in [0.4, 0.5) is 5.82 Å². The van der Waals surface area contributed by atoms with E-state index in [-0.39, 0.29) is 6.10 Å². The van der Waals surface area contributed by atoms with Crippen molar-refractivity contribution in [2.24, 2.45) is 0 Å². The van der Waals surface area contributed by atoms with Gasteiger partial charge in [-0.3, -0.25) is 4.79 Å². The lowest BCUT2D eigenvalue weighted by atomic mass is 10.1. The van der Waals surface area contributed by atoms with Gasteiger partial charge < -0.3 is 10.5 Å². The van der Waals surface area contributed by atoms with Crippen LogP contribution in [0, 0.1) is 6.92 Å². The molecule has 0 bridgehead atoms. The number of nitrogens with zero attached hydrogens (tertiary/aromatic N) is 2. The lowest BCUT2D eigenvalue weighted by Crippen LogP contribution is -2.09. The number of rotatable bonds is 4. The molecule has 0 fully saturated rings. The van der Waals surface area contributed by atoms with E-state index in [1.54, 1.807) is 12.3 Å². The van der Waals surface area contributed by atoms with E-state index in [2.05, 4.69) is 25.9 Å². The average Bonchev–Trinajstić information content (AvgIpc) is 2.42. The van der Waals surface area contributed by atoms with E-state index >= 15 is 0 Å². The molecule has 0 amide bonds. The van der Waals surface area contributed by atoms with Crippen LogP contribution in [-0.4, -0.2) is 16.3 Å². The number of hydrogen-bond donors (Lipinski definition) is 1. The molecule has 0 saturated heterocycles. The Morgan fingerprint density at radius 2 is 2.20 bits per heavy atom. The van der Waals surface area contributed by atoms with E-state index < -0.39 is 0 Å². The summed E-state index contributed by atoms with van der Waals surface area (Å²) in [6, 6.07) is 3.54.